The molecular formula is C14H12ClNO4S. The smallest absolute Gasteiger partial charge is 0.216 e. The Kier molecular flexibility index (Phi) is 3.37. The molecule has 7 heteroatoms. The molecule has 2 aromatic rings. The Morgan fingerprint density at radius 3 is 2.62 bits per heavy atom. The standard InChI is InChI=1S/C14H12ClNO4S/c1-21(18,19)9-4-5-10(11(15)6-9)14(17)12-7-13(20-16-12)8-2-3-8/h4-8H,2-3H2,1H3. The van der Waals surface area contributed by atoms with Crippen LogP contribution in [0.25, 0.3) is 0 Å². The van der Waals surface area contributed by atoms with Gasteiger partial charge in [0.25, 0.3) is 0 Å². The molecule has 0 saturated heterocycles. The van der Waals surface area contributed by atoms with Crippen LogP contribution < -0.4 is 0 Å². The number of carbonyl (C=O) groups excluding carboxylic acids is 1. The maximum Gasteiger partial charge on any atom is 0.216 e. The Morgan fingerprint density at radius 1 is 1.33 bits per heavy atom. The Bertz CT molecular complexity index is 821. The van der Waals surface area contributed by atoms with E-state index in [0.717, 1.165) is 19.1 Å². The van der Waals surface area contributed by atoms with Gasteiger partial charge in [-0.1, -0.05) is 16.8 Å². The predicted octanol–water partition coefficient (Wildman–Crippen LogP) is 2.84. The molecular weight excluding hydrogens is 314 g/mol. The minimum atomic E-state index is -3.36. The predicted molar refractivity (Wildman–Crippen MR) is 76.5 cm³/mol. The lowest BCUT2D eigenvalue weighted by Gasteiger charge is -2.03. The van der Waals surface area contributed by atoms with Gasteiger partial charge in [0.1, 0.15) is 5.76 Å². The van der Waals surface area contributed by atoms with Crippen molar-refractivity contribution in [2.45, 2.75) is 23.7 Å². The van der Waals surface area contributed by atoms with Gasteiger partial charge in [0.2, 0.25) is 5.78 Å². The number of rotatable bonds is 4. The first-order valence-corrected chi connectivity index (χ1v) is 8.64. The Labute approximate surface area is 126 Å². The SMILES string of the molecule is CS(=O)(=O)c1ccc(C(=O)c2cc(C3CC3)on2)c(Cl)c1. The van der Waals surface area contributed by atoms with Crippen LogP contribution in [0.3, 0.4) is 0 Å². The molecule has 1 heterocycles. The summed E-state index contributed by atoms with van der Waals surface area (Å²) in [6.45, 7) is 0. The summed E-state index contributed by atoms with van der Waals surface area (Å²) in [5.41, 5.74) is 0.394. The van der Waals surface area contributed by atoms with Crippen LogP contribution in [0.15, 0.2) is 33.7 Å². The van der Waals surface area contributed by atoms with Crippen molar-refractivity contribution >= 4 is 27.2 Å². The van der Waals surface area contributed by atoms with Gasteiger partial charge in [-0.05, 0) is 31.0 Å². The van der Waals surface area contributed by atoms with Crippen molar-refractivity contribution in [1.29, 1.82) is 0 Å². The van der Waals surface area contributed by atoms with Gasteiger partial charge in [-0.15, -0.1) is 0 Å². The molecule has 1 aromatic heterocycles. The highest BCUT2D eigenvalue weighted by molar-refractivity contribution is 7.90. The van der Waals surface area contributed by atoms with Crippen molar-refractivity contribution in [3.8, 4) is 0 Å². The second-order valence-corrected chi connectivity index (χ2v) is 7.55. The second-order valence-electron chi connectivity index (χ2n) is 5.13. The molecule has 0 atom stereocenters. The van der Waals surface area contributed by atoms with E-state index in [2.05, 4.69) is 5.16 Å². The van der Waals surface area contributed by atoms with Crippen molar-refractivity contribution in [3.63, 3.8) is 0 Å². The largest absolute Gasteiger partial charge is 0.360 e. The number of aromatic nitrogens is 1. The lowest BCUT2D eigenvalue weighted by Crippen LogP contribution is -2.04. The van der Waals surface area contributed by atoms with E-state index in [1.54, 1.807) is 6.07 Å². The molecule has 1 aliphatic rings. The second kappa shape index (κ2) is 4.96. The molecule has 21 heavy (non-hydrogen) atoms. The number of nitrogens with zero attached hydrogens (tertiary/aromatic N) is 1. The Balaban J connectivity index is 1.93. The van der Waals surface area contributed by atoms with E-state index in [1.165, 1.54) is 18.2 Å². The lowest BCUT2D eigenvalue weighted by atomic mass is 10.1. The van der Waals surface area contributed by atoms with E-state index in [-0.39, 0.29) is 27.0 Å². The first-order valence-electron chi connectivity index (χ1n) is 6.37. The molecule has 0 amide bonds. The highest BCUT2D eigenvalue weighted by Crippen LogP contribution is 2.40. The van der Waals surface area contributed by atoms with Crippen molar-refractivity contribution in [2.24, 2.45) is 0 Å². The van der Waals surface area contributed by atoms with E-state index in [1.807, 2.05) is 0 Å². The highest BCUT2D eigenvalue weighted by atomic mass is 35.5. The van der Waals surface area contributed by atoms with E-state index in [0.29, 0.717) is 11.7 Å². The van der Waals surface area contributed by atoms with Crippen molar-refractivity contribution in [2.75, 3.05) is 6.26 Å². The number of sulfone groups is 1. The number of ketones is 1. The zero-order chi connectivity index (χ0) is 15.2. The first kappa shape index (κ1) is 14.3. The molecule has 1 fully saturated rings. The maximum atomic E-state index is 12.3. The third kappa shape index (κ3) is 2.87. The summed E-state index contributed by atoms with van der Waals surface area (Å²) in [6, 6.07) is 5.65. The van der Waals surface area contributed by atoms with E-state index >= 15 is 0 Å². The summed E-state index contributed by atoms with van der Waals surface area (Å²) in [7, 11) is -3.36. The van der Waals surface area contributed by atoms with Gasteiger partial charge in [-0.25, -0.2) is 8.42 Å². The Morgan fingerprint density at radius 2 is 2.05 bits per heavy atom. The third-order valence-electron chi connectivity index (χ3n) is 3.35. The number of hydrogen-bond acceptors (Lipinski definition) is 5. The topological polar surface area (TPSA) is 77.2 Å². The summed E-state index contributed by atoms with van der Waals surface area (Å²) >= 11 is 6.02. The molecule has 0 N–H and O–H groups in total. The average Bonchev–Trinajstić information content (AvgIpc) is 3.15. The van der Waals surface area contributed by atoms with Crippen LogP contribution in [-0.4, -0.2) is 25.6 Å². The zero-order valence-corrected chi connectivity index (χ0v) is 12.7. The number of halogens is 1. The van der Waals surface area contributed by atoms with Crippen molar-refractivity contribution in [3.05, 3.63) is 46.3 Å². The van der Waals surface area contributed by atoms with E-state index in [4.69, 9.17) is 16.1 Å². The zero-order valence-electron chi connectivity index (χ0n) is 11.2. The van der Waals surface area contributed by atoms with Crippen LogP contribution in [0.5, 0.6) is 0 Å². The van der Waals surface area contributed by atoms with Crippen molar-refractivity contribution in [1.82, 2.24) is 5.16 Å². The summed E-state index contributed by atoms with van der Waals surface area (Å²) in [4.78, 5) is 12.4. The molecule has 3 rings (SSSR count). The fourth-order valence-corrected chi connectivity index (χ4v) is 2.98. The fraction of sp³-hybridized carbons (Fsp3) is 0.286. The van der Waals surface area contributed by atoms with Gasteiger partial charge in [0.05, 0.1) is 9.92 Å². The number of hydrogen-bond donors (Lipinski definition) is 0. The molecule has 0 spiro atoms. The summed E-state index contributed by atoms with van der Waals surface area (Å²) in [5, 5.41) is 3.85. The molecule has 0 radical (unpaired) electrons. The van der Waals surface area contributed by atoms with Gasteiger partial charge in [-0.3, -0.25) is 4.79 Å². The van der Waals surface area contributed by atoms with E-state index in [9.17, 15) is 13.2 Å². The molecule has 110 valence electrons. The molecule has 0 bridgehead atoms. The third-order valence-corrected chi connectivity index (χ3v) is 4.78. The average molecular weight is 326 g/mol. The minimum absolute atomic E-state index is 0.0721. The first-order chi connectivity index (χ1) is 9.86. The molecule has 5 nitrogen and oxygen atoms in total. The lowest BCUT2D eigenvalue weighted by molar-refractivity contribution is 0.103. The van der Waals surface area contributed by atoms with Gasteiger partial charge in [0, 0.05) is 23.8 Å². The van der Waals surface area contributed by atoms with Crippen LogP contribution >= 0.6 is 11.6 Å². The van der Waals surface area contributed by atoms with Crippen LogP contribution in [0.1, 0.15) is 40.6 Å². The summed E-state index contributed by atoms with van der Waals surface area (Å²) < 4.78 is 28.0. The molecule has 0 aliphatic heterocycles. The van der Waals surface area contributed by atoms with Gasteiger partial charge < -0.3 is 4.52 Å². The fourth-order valence-electron chi connectivity index (χ4n) is 2.01. The van der Waals surface area contributed by atoms with Gasteiger partial charge in [0.15, 0.2) is 15.5 Å². The monoisotopic (exact) mass is 325 g/mol. The molecule has 0 unspecified atom stereocenters. The van der Waals surface area contributed by atoms with Crippen LogP contribution in [0, 0.1) is 0 Å². The van der Waals surface area contributed by atoms with Crippen molar-refractivity contribution < 1.29 is 17.7 Å². The normalized spacial score (nSPS) is 15.1. The van der Waals surface area contributed by atoms with Gasteiger partial charge >= 0.3 is 0 Å². The Hall–Kier alpha value is -1.66. The molecule has 1 saturated carbocycles. The quantitative estimate of drug-likeness (QED) is 0.808. The minimum Gasteiger partial charge on any atom is -0.360 e. The highest BCUT2D eigenvalue weighted by Gasteiger charge is 2.29. The van der Waals surface area contributed by atoms with Crippen LogP contribution in [-0.2, 0) is 9.84 Å². The number of carbonyl (C=O) groups is 1. The summed E-state index contributed by atoms with van der Waals surface area (Å²) in [6.07, 6.45) is 3.18. The molecule has 1 aromatic carbocycles. The number of benzene rings is 1. The maximum absolute atomic E-state index is 12.3. The van der Waals surface area contributed by atoms with E-state index < -0.39 is 9.84 Å². The summed E-state index contributed by atoms with van der Waals surface area (Å²) in [5.74, 6) is 0.695. The van der Waals surface area contributed by atoms with Crippen LogP contribution in [0.4, 0.5) is 0 Å². The van der Waals surface area contributed by atoms with Gasteiger partial charge in [-0.2, -0.15) is 0 Å². The van der Waals surface area contributed by atoms with Crippen LogP contribution in [0.2, 0.25) is 5.02 Å². The molecule has 1 aliphatic carbocycles.